The molecule has 0 saturated heterocycles. The van der Waals surface area contributed by atoms with Crippen molar-refractivity contribution < 1.29 is 23.8 Å². The molecule has 2 N–H and O–H groups in total. The number of aliphatic hydroxyl groups is 1. The fourth-order valence-electron chi connectivity index (χ4n) is 2.76. The topological polar surface area (TPSA) is 80.9 Å². The van der Waals surface area contributed by atoms with Crippen molar-refractivity contribution in [2.24, 2.45) is 0 Å². The van der Waals surface area contributed by atoms with E-state index in [9.17, 15) is 4.79 Å². The standard InChI is InChI=1S/C20H17NO5/c22-12-16-5-7-17(26-16)13-2-1-3-15(10-13)21-20(23)14-4-6-18-19(11-14)25-9-8-24-18/h1-7,10-11,22H,8-9,12H2,(H,21,23). The van der Waals surface area contributed by atoms with Gasteiger partial charge in [0.15, 0.2) is 11.5 Å². The molecule has 1 aliphatic heterocycles. The molecule has 2 heterocycles. The van der Waals surface area contributed by atoms with Gasteiger partial charge in [0.05, 0.1) is 0 Å². The number of nitrogens with one attached hydrogen (secondary N) is 1. The van der Waals surface area contributed by atoms with Crippen LogP contribution in [0.25, 0.3) is 11.3 Å². The van der Waals surface area contributed by atoms with Crippen LogP contribution in [0.5, 0.6) is 11.5 Å². The predicted octanol–water partition coefficient (Wildman–Crippen LogP) is 3.46. The van der Waals surface area contributed by atoms with E-state index in [-0.39, 0.29) is 12.5 Å². The summed E-state index contributed by atoms with van der Waals surface area (Å²) in [5.41, 5.74) is 1.94. The molecular weight excluding hydrogens is 334 g/mol. The van der Waals surface area contributed by atoms with Crippen LogP contribution in [0.1, 0.15) is 16.1 Å². The fourth-order valence-corrected chi connectivity index (χ4v) is 2.76. The summed E-state index contributed by atoms with van der Waals surface area (Å²) >= 11 is 0. The molecule has 0 bridgehead atoms. The van der Waals surface area contributed by atoms with Crippen LogP contribution in [0.3, 0.4) is 0 Å². The predicted molar refractivity (Wildman–Crippen MR) is 95.5 cm³/mol. The van der Waals surface area contributed by atoms with Gasteiger partial charge in [-0.3, -0.25) is 4.79 Å². The Morgan fingerprint density at radius 1 is 1.00 bits per heavy atom. The molecule has 0 aliphatic carbocycles. The minimum atomic E-state index is -0.241. The molecule has 26 heavy (non-hydrogen) atoms. The highest BCUT2D eigenvalue weighted by Gasteiger charge is 2.15. The number of aliphatic hydroxyl groups excluding tert-OH is 1. The summed E-state index contributed by atoms with van der Waals surface area (Å²) in [6, 6.07) is 15.9. The zero-order valence-corrected chi connectivity index (χ0v) is 13.9. The van der Waals surface area contributed by atoms with Crippen LogP contribution in [0.4, 0.5) is 5.69 Å². The Hall–Kier alpha value is -3.25. The van der Waals surface area contributed by atoms with Crippen molar-refractivity contribution in [2.75, 3.05) is 18.5 Å². The molecule has 0 unspecified atom stereocenters. The molecule has 6 heteroatoms. The second-order valence-electron chi connectivity index (χ2n) is 5.82. The smallest absolute Gasteiger partial charge is 0.255 e. The van der Waals surface area contributed by atoms with E-state index in [1.807, 2.05) is 18.2 Å². The van der Waals surface area contributed by atoms with Gasteiger partial charge >= 0.3 is 0 Å². The molecule has 0 spiro atoms. The number of fused-ring (bicyclic) bond motifs is 1. The number of rotatable bonds is 4. The molecular formula is C20H17NO5. The van der Waals surface area contributed by atoms with E-state index in [4.69, 9.17) is 19.0 Å². The lowest BCUT2D eigenvalue weighted by atomic mass is 10.1. The number of amides is 1. The third-order valence-corrected chi connectivity index (χ3v) is 4.03. The van der Waals surface area contributed by atoms with E-state index in [1.54, 1.807) is 36.4 Å². The number of carbonyl (C=O) groups excluding carboxylic acids is 1. The van der Waals surface area contributed by atoms with Gasteiger partial charge in [0, 0.05) is 16.8 Å². The summed E-state index contributed by atoms with van der Waals surface area (Å²) < 4.78 is 16.5. The molecule has 4 rings (SSSR count). The highest BCUT2D eigenvalue weighted by molar-refractivity contribution is 6.04. The van der Waals surface area contributed by atoms with Crippen molar-refractivity contribution in [1.29, 1.82) is 0 Å². The van der Waals surface area contributed by atoms with Crippen LogP contribution in [0.2, 0.25) is 0 Å². The molecule has 0 atom stereocenters. The van der Waals surface area contributed by atoms with E-state index in [1.165, 1.54) is 0 Å². The zero-order chi connectivity index (χ0) is 17.9. The average molecular weight is 351 g/mol. The van der Waals surface area contributed by atoms with Crippen molar-refractivity contribution in [3.05, 3.63) is 65.9 Å². The van der Waals surface area contributed by atoms with Crippen LogP contribution >= 0.6 is 0 Å². The summed E-state index contributed by atoms with van der Waals surface area (Å²) in [7, 11) is 0. The van der Waals surface area contributed by atoms with Crippen molar-refractivity contribution in [1.82, 2.24) is 0 Å². The summed E-state index contributed by atoms with van der Waals surface area (Å²) in [5, 5.41) is 12.0. The SMILES string of the molecule is O=C(Nc1cccc(-c2ccc(CO)o2)c1)c1ccc2c(c1)OCCO2. The Bertz CT molecular complexity index is 947. The molecule has 1 aliphatic rings. The van der Waals surface area contributed by atoms with Crippen molar-refractivity contribution in [3.8, 4) is 22.8 Å². The van der Waals surface area contributed by atoms with Crippen molar-refractivity contribution >= 4 is 11.6 Å². The third kappa shape index (κ3) is 3.27. The molecule has 0 radical (unpaired) electrons. The molecule has 6 nitrogen and oxygen atoms in total. The van der Waals surface area contributed by atoms with E-state index >= 15 is 0 Å². The first-order chi connectivity index (χ1) is 12.7. The average Bonchev–Trinajstić information content (AvgIpc) is 3.17. The molecule has 1 amide bonds. The Labute approximate surface area is 150 Å². The van der Waals surface area contributed by atoms with E-state index < -0.39 is 0 Å². The number of carbonyl (C=O) groups is 1. The number of anilines is 1. The first kappa shape index (κ1) is 16.2. The van der Waals surface area contributed by atoms with Gasteiger partial charge in [-0.1, -0.05) is 12.1 Å². The van der Waals surface area contributed by atoms with Gasteiger partial charge in [0.25, 0.3) is 5.91 Å². The minimum absolute atomic E-state index is 0.152. The maximum absolute atomic E-state index is 12.5. The monoisotopic (exact) mass is 351 g/mol. The number of hydrogen-bond acceptors (Lipinski definition) is 5. The van der Waals surface area contributed by atoms with E-state index in [2.05, 4.69) is 5.32 Å². The van der Waals surface area contributed by atoms with E-state index in [0.29, 0.717) is 47.5 Å². The molecule has 0 saturated carbocycles. The highest BCUT2D eigenvalue weighted by Crippen LogP contribution is 2.31. The molecule has 3 aromatic rings. The number of benzene rings is 2. The maximum Gasteiger partial charge on any atom is 0.255 e. The lowest BCUT2D eigenvalue weighted by molar-refractivity contribution is 0.102. The zero-order valence-electron chi connectivity index (χ0n) is 13.9. The Kier molecular flexibility index (Phi) is 4.33. The largest absolute Gasteiger partial charge is 0.486 e. The lowest BCUT2D eigenvalue weighted by Gasteiger charge is -2.18. The lowest BCUT2D eigenvalue weighted by Crippen LogP contribution is -2.17. The summed E-state index contributed by atoms with van der Waals surface area (Å²) in [5.74, 6) is 2.10. The Morgan fingerprint density at radius 3 is 2.65 bits per heavy atom. The van der Waals surface area contributed by atoms with Crippen LogP contribution in [-0.4, -0.2) is 24.2 Å². The Balaban J connectivity index is 1.53. The van der Waals surface area contributed by atoms with Gasteiger partial charge in [-0.25, -0.2) is 0 Å². The minimum Gasteiger partial charge on any atom is -0.486 e. The first-order valence-corrected chi connectivity index (χ1v) is 8.24. The van der Waals surface area contributed by atoms with Crippen LogP contribution in [-0.2, 0) is 6.61 Å². The van der Waals surface area contributed by atoms with Crippen LogP contribution in [0, 0.1) is 0 Å². The summed E-state index contributed by atoms with van der Waals surface area (Å²) in [6.45, 7) is 0.829. The second-order valence-corrected chi connectivity index (χ2v) is 5.82. The summed E-state index contributed by atoms with van der Waals surface area (Å²) in [4.78, 5) is 12.5. The van der Waals surface area contributed by atoms with Gasteiger partial charge in [-0.15, -0.1) is 0 Å². The third-order valence-electron chi connectivity index (χ3n) is 4.03. The van der Waals surface area contributed by atoms with Gasteiger partial charge in [0.2, 0.25) is 0 Å². The first-order valence-electron chi connectivity index (χ1n) is 8.24. The molecule has 2 aromatic carbocycles. The van der Waals surface area contributed by atoms with E-state index in [0.717, 1.165) is 5.56 Å². The molecule has 0 fully saturated rings. The normalized spacial score (nSPS) is 12.7. The second kappa shape index (κ2) is 6.93. The van der Waals surface area contributed by atoms with Gasteiger partial charge in [0.1, 0.15) is 31.3 Å². The summed E-state index contributed by atoms with van der Waals surface area (Å²) in [6.07, 6.45) is 0. The molecule has 132 valence electrons. The van der Waals surface area contributed by atoms with Gasteiger partial charge < -0.3 is 24.3 Å². The number of furan rings is 1. The van der Waals surface area contributed by atoms with Gasteiger partial charge in [-0.05, 0) is 42.5 Å². The fraction of sp³-hybridized carbons (Fsp3) is 0.150. The van der Waals surface area contributed by atoms with Crippen LogP contribution < -0.4 is 14.8 Å². The number of ether oxygens (including phenoxy) is 2. The van der Waals surface area contributed by atoms with Gasteiger partial charge in [-0.2, -0.15) is 0 Å². The maximum atomic E-state index is 12.5. The Morgan fingerprint density at radius 2 is 1.85 bits per heavy atom. The van der Waals surface area contributed by atoms with Crippen molar-refractivity contribution in [3.63, 3.8) is 0 Å². The number of hydrogen-bond donors (Lipinski definition) is 2. The van der Waals surface area contributed by atoms with Crippen molar-refractivity contribution in [2.45, 2.75) is 6.61 Å². The molecule has 1 aromatic heterocycles. The highest BCUT2D eigenvalue weighted by atomic mass is 16.6. The quantitative estimate of drug-likeness (QED) is 0.752. The van der Waals surface area contributed by atoms with Crippen LogP contribution in [0.15, 0.2) is 59.0 Å².